The first-order valence-electron chi connectivity index (χ1n) is 10.5. The fourth-order valence-electron chi connectivity index (χ4n) is 4.04. The first kappa shape index (κ1) is 19.5. The van der Waals surface area contributed by atoms with E-state index < -0.39 is 0 Å². The number of benzene rings is 1. The number of morpholine rings is 1. The number of carbonyl (C=O) groups excluding carboxylic acids is 1. The van der Waals surface area contributed by atoms with E-state index in [1.54, 1.807) is 11.8 Å². The summed E-state index contributed by atoms with van der Waals surface area (Å²) in [7, 11) is 0. The lowest BCUT2D eigenvalue weighted by molar-refractivity contribution is -0.116. The van der Waals surface area contributed by atoms with Crippen LogP contribution in [-0.2, 0) is 16.1 Å². The standard InChI is InChI=1S/C25H24N4O2/c1-18(30)29-17-21-7-10-22(27-23(21)9-6-19-4-2-3-5-24(19)29)20-8-11-25(26-16-20)28-12-14-31-15-13-28/h2-11,16H,12-15,17H2,1H3. The number of rotatable bonds is 2. The molecule has 0 bridgehead atoms. The SMILES string of the molecule is CC(=O)N1Cc2ccc(-c3ccc(N4CCOCC4)nc3)nc2C=Cc2ccccc21. The minimum absolute atomic E-state index is 0.0145. The molecule has 0 N–H and O–H groups in total. The Hall–Kier alpha value is -3.51. The van der Waals surface area contributed by atoms with Gasteiger partial charge in [-0.15, -0.1) is 0 Å². The first-order valence-corrected chi connectivity index (χ1v) is 10.5. The van der Waals surface area contributed by atoms with Gasteiger partial charge in [-0.2, -0.15) is 0 Å². The van der Waals surface area contributed by atoms with Crippen LogP contribution in [0.2, 0.25) is 0 Å². The molecule has 4 heterocycles. The summed E-state index contributed by atoms with van der Waals surface area (Å²) in [6, 6.07) is 16.1. The number of fused-ring (bicyclic) bond motifs is 2. The number of para-hydroxylation sites is 1. The van der Waals surface area contributed by atoms with E-state index in [4.69, 9.17) is 9.72 Å². The highest BCUT2D eigenvalue weighted by molar-refractivity contribution is 5.95. The molecule has 0 unspecified atom stereocenters. The lowest BCUT2D eigenvalue weighted by Gasteiger charge is -2.27. The maximum Gasteiger partial charge on any atom is 0.224 e. The predicted octanol–water partition coefficient (Wildman–Crippen LogP) is 4.02. The summed E-state index contributed by atoms with van der Waals surface area (Å²) >= 11 is 0. The van der Waals surface area contributed by atoms with Crippen LogP contribution in [0.3, 0.4) is 0 Å². The van der Waals surface area contributed by atoms with Gasteiger partial charge in [0.05, 0.1) is 36.8 Å². The second-order valence-electron chi connectivity index (χ2n) is 7.74. The van der Waals surface area contributed by atoms with Crippen molar-refractivity contribution in [2.45, 2.75) is 13.5 Å². The van der Waals surface area contributed by atoms with Gasteiger partial charge >= 0.3 is 0 Å². The van der Waals surface area contributed by atoms with Crippen LogP contribution in [0, 0.1) is 0 Å². The fourth-order valence-corrected chi connectivity index (χ4v) is 4.04. The van der Waals surface area contributed by atoms with Gasteiger partial charge in [-0.3, -0.25) is 4.79 Å². The topological polar surface area (TPSA) is 58.6 Å². The number of amides is 1. The average Bonchev–Trinajstić information content (AvgIpc) is 2.81. The zero-order valence-corrected chi connectivity index (χ0v) is 17.5. The summed E-state index contributed by atoms with van der Waals surface area (Å²) in [5.74, 6) is 0.979. The van der Waals surface area contributed by atoms with E-state index in [1.165, 1.54) is 0 Å². The fraction of sp³-hybridized carbons (Fsp3) is 0.240. The van der Waals surface area contributed by atoms with Crippen molar-refractivity contribution in [3.63, 3.8) is 0 Å². The Labute approximate surface area is 181 Å². The second-order valence-corrected chi connectivity index (χ2v) is 7.74. The molecule has 31 heavy (non-hydrogen) atoms. The molecule has 0 saturated carbocycles. The molecule has 5 rings (SSSR count). The molecular formula is C25H24N4O2. The minimum Gasteiger partial charge on any atom is -0.378 e. The van der Waals surface area contributed by atoms with Gasteiger partial charge in [0.2, 0.25) is 5.91 Å². The minimum atomic E-state index is 0.0145. The Morgan fingerprint density at radius 1 is 1.00 bits per heavy atom. The lowest BCUT2D eigenvalue weighted by Crippen LogP contribution is -2.36. The van der Waals surface area contributed by atoms with E-state index in [-0.39, 0.29) is 5.91 Å². The number of nitrogens with zero attached hydrogens (tertiary/aromatic N) is 4. The lowest BCUT2D eigenvalue weighted by atomic mass is 10.0. The van der Waals surface area contributed by atoms with Crippen LogP contribution in [0.4, 0.5) is 11.5 Å². The van der Waals surface area contributed by atoms with Gasteiger partial charge in [0.1, 0.15) is 5.82 Å². The van der Waals surface area contributed by atoms with Gasteiger partial charge in [-0.1, -0.05) is 30.3 Å². The quantitative estimate of drug-likeness (QED) is 0.636. The molecule has 2 aliphatic heterocycles. The Morgan fingerprint density at radius 3 is 2.61 bits per heavy atom. The average molecular weight is 412 g/mol. The molecule has 6 nitrogen and oxygen atoms in total. The third-order valence-electron chi connectivity index (χ3n) is 5.75. The van der Waals surface area contributed by atoms with Crippen molar-refractivity contribution in [3.8, 4) is 11.3 Å². The van der Waals surface area contributed by atoms with Gasteiger partial charge in [-0.25, -0.2) is 9.97 Å². The van der Waals surface area contributed by atoms with Crippen LogP contribution in [0.15, 0.2) is 54.7 Å². The van der Waals surface area contributed by atoms with Crippen LogP contribution in [0.1, 0.15) is 23.7 Å². The highest BCUT2D eigenvalue weighted by Gasteiger charge is 2.19. The number of pyridine rings is 2. The third-order valence-corrected chi connectivity index (χ3v) is 5.75. The summed E-state index contributed by atoms with van der Waals surface area (Å²) in [4.78, 5) is 25.9. The molecule has 2 aromatic heterocycles. The normalized spacial score (nSPS) is 15.6. The number of hydrogen-bond acceptors (Lipinski definition) is 5. The molecule has 0 spiro atoms. The van der Waals surface area contributed by atoms with E-state index >= 15 is 0 Å². The largest absolute Gasteiger partial charge is 0.378 e. The number of carbonyl (C=O) groups is 1. The monoisotopic (exact) mass is 412 g/mol. The van der Waals surface area contributed by atoms with Crippen molar-refractivity contribution >= 4 is 29.6 Å². The Balaban J connectivity index is 1.47. The molecule has 0 atom stereocenters. The van der Waals surface area contributed by atoms with E-state index in [0.29, 0.717) is 6.54 Å². The van der Waals surface area contributed by atoms with Gasteiger partial charge in [0, 0.05) is 31.8 Å². The molecule has 6 heteroatoms. The molecule has 1 fully saturated rings. The molecule has 1 amide bonds. The number of ether oxygens (including phenoxy) is 1. The van der Waals surface area contributed by atoms with Crippen LogP contribution in [-0.4, -0.2) is 42.2 Å². The summed E-state index contributed by atoms with van der Waals surface area (Å²) in [5.41, 5.74) is 5.65. The van der Waals surface area contributed by atoms with Crippen molar-refractivity contribution < 1.29 is 9.53 Å². The van der Waals surface area contributed by atoms with E-state index in [0.717, 1.165) is 65.9 Å². The molecule has 1 aromatic carbocycles. The first-order chi connectivity index (χ1) is 15.2. The molecular weight excluding hydrogens is 388 g/mol. The van der Waals surface area contributed by atoms with Crippen LogP contribution < -0.4 is 9.80 Å². The summed E-state index contributed by atoms with van der Waals surface area (Å²) in [6.45, 7) is 5.30. The van der Waals surface area contributed by atoms with Crippen molar-refractivity contribution in [3.05, 3.63) is 71.5 Å². The number of hydrogen-bond donors (Lipinski definition) is 0. The Bertz CT molecular complexity index is 1130. The van der Waals surface area contributed by atoms with Crippen LogP contribution in [0.5, 0.6) is 0 Å². The van der Waals surface area contributed by atoms with E-state index in [1.807, 2.05) is 54.7 Å². The van der Waals surface area contributed by atoms with E-state index in [9.17, 15) is 4.79 Å². The smallest absolute Gasteiger partial charge is 0.224 e. The predicted molar refractivity (Wildman–Crippen MR) is 123 cm³/mol. The van der Waals surface area contributed by atoms with Gasteiger partial charge in [0.25, 0.3) is 0 Å². The Kier molecular flexibility index (Phi) is 5.22. The van der Waals surface area contributed by atoms with Crippen molar-refractivity contribution in [1.82, 2.24) is 9.97 Å². The third kappa shape index (κ3) is 3.94. The van der Waals surface area contributed by atoms with Gasteiger partial charge < -0.3 is 14.5 Å². The van der Waals surface area contributed by atoms with Crippen molar-refractivity contribution in [2.75, 3.05) is 36.1 Å². The van der Waals surface area contributed by atoms with Crippen LogP contribution >= 0.6 is 0 Å². The zero-order valence-electron chi connectivity index (χ0n) is 17.5. The zero-order chi connectivity index (χ0) is 21.2. The van der Waals surface area contributed by atoms with Crippen molar-refractivity contribution in [2.24, 2.45) is 0 Å². The van der Waals surface area contributed by atoms with E-state index in [2.05, 4.69) is 22.0 Å². The van der Waals surface area contributed by atoms with Gasteiger partial charge in [-0.05, 0) is 41.5 Å². The molecule has 1 saturated heterocycles. The molecule has 0 radical (unpaired) electrons. The molecule has 156 valence electrons. The number of anilines is 2. The Morgan fingerprint density at radius 2 is 1.84 bits per heavy atom. The summed E-state index contributed by atoms with van der Waals surface area (Å²) < 4.78 is 5.42. The number of aromatic nitrogens is 2. The highest BCUT2D eigenvalue weighted by atomic mass is 16.5. The maximum absolute atomic E-state index is 12.3. The molecule has 3 aromatic rings. The van der Waals surface area contributed by atoms with Crippen molar-refractivity contribution in [1.29, 1.82) is 0 Å². The highest BCUT2D eigenvalue weighted by Crippen LogP contribution is 2.29. The van der Waals surface area contributed by atoms with Crippen LogP contribution in [0.25, 0.3) is 23.4 Å². The molecule has 2 aliphatic rings. The maximum atomic E-state index is 12.3. The summed E-state index contributed by atoms with van der Waals surface area (Å²) in [5, 5.41) is 0. The second kappa shape index (κ2) is 8.32. The van der Waals surface area contributed by atoms with Gasteiger partial charge in [0.15, 0.2) is 0 Å². The molecule has 0 aliphatic carbocycles. The summed E-state index contributed by atoms with van der Waals surface area (Å²) in [6.07, 6.45) is 5.94.